The van der Waals surface area contributed by atoms with E-state index in [4.69, 9.17) is 4.43 Å². The van der Waals surface area contributed by atoms with Gasteiger partial charge in [-0.1, -0.05) is 25.2 Å². The number of rotatable bonds is 5. The van der Waals surface area contributed by atoms with Crippen molar-refractivity contribution in [1.82, 2.24) is 0 Å². The van der Waals surface area contributed by atoms with Crippen LogP contribution in [-0.4, -0.2) is 30.9 Å². The fourth-order valence-corrected chi connectivity index (χ4v) is 2.06. The second kappa shape index (κ2) is 6.19. The molecule has 0 aromatic heterocycles. The molecule has 0 aliphatic rings. The highest BCUT2D eigenvalue weighted by Crippen LogP contribution is 2.36. The predicted octanol–water partition coefficient (Wildman–Crippen LogP) is 3.15. The van der Waals surface area contributed by atoms with Crippen LogP contribution in [0.25, 0.3) is 0 Å². The summed E-state index contributed by atoms with van der Waals surface area (Å²) in [6.07, 6.45) is 1.64. The molecule has 0 spiro atoms. The Kier molecular flexibility index (Phi) is 6.25. The van der Waals surface area contributed by atoms with Crippen molar-refractivity contribution in [2.45, 2.75) is 58.0 Å². The second-order valence-corrected chi connectivity index (χ2v) is 12.2. The monoisotopic (exact) mass is 263 g/mol. The topological polar surface area (TPSA) is 44.7 Å². The number of nitrogens with zero attached hydrogens (tertiary/aromatic N) is 1. The van der Waals surface area contributed by atoms with Crippen LogP contribution in [-0.2, 0) is 15.8 Å². The van der Waals surface area contributed by atoms with Gasteiger partial charge < -0.3 is 8.98 Å². The largest absolute Gasteiger partial charge is 0.591 e. The third-order valence-corrected chi connectivity index (χ3v) is 8.57. The summed E-state index contributed by atoms with van der Waals surface area (Å²) >= 11 is -1.12. The van der Waals surface area contributed by atoms with E-state index in [1.807, 2.05) is 13.8 Å². The molecule has 0 aliphatic carbocycles. The quantitative estimate of drug-likeness (QED) is 0.434. The summed E-state index contributed by atoms with van der Waals surface area (Å²) < 4.78 is 21.2. The molecular weight excluding hydrogens is 238 g/mol. The lowest BCUT2D eigenvalue weighted by Crippen LogP contribution is -2.41. The van der Waals surface area contributed by atoms with Crippen molar-refractivity contribution < 1.29 is 8.98 Å². The van der Waals surface area contributed by atoms with Crippen molar-refractivity contribution in [2.75, 3.05) is 6.61 Å². The molecule has 16 heavy (non-hydrogen) atoms. The van der Waals surface area contributed by atoms with E-state index in [1.54, 1.807) is 6.21 Å². The highest BCUT2D eigenvalue weighted by Gasteiger charge is 2.36. The zero-order chi connectivity index (χ0) is 13.0. The lowest BCUT2D eigenvalue weighted by Gasteiger charge is -2.35. The van der Waals surface area contributed by atoms with E-state index in [9.17, 15) is 4.55 Å². The lowest BCUT2D eigenvalue weighted by molar-refractivity contribution is 0.343. The Balaban J connectivity index is 4.09. The molecule has 0 saturated carbocycles. The summed E-state index contributed by atoms with van der Waals surface area (Å²) in [6.45, 7) is 15.2. The van der Waals surface area contributed by atoms with E-state index >= 15 is 0 Å². The smallest absolute Gasteiger partial charge is 0.192 e. The second-order valence-electron chi connectivity index (χ2n) is 5.68. The van der Waals surface area contributed by atoms with E-state index in [2.05, 4.69) is 38.3 Å². The molecular formula is C11H25NO2SSi. The van der Waals surface area contributed by atoms with Crippen molar-refractivity contribution in [2.24, 2.45) is 4.40 Å². The minimum Gasteiger partial charge on any atom is -0.591 e. The molecule has 0 amide bonds. The average molecular weight is 263 g/mol. The Morgan fingerprint density at radius 1 is 1.38 bits per heavy atom. The molecule has 0 fully saturated rings. The number of hydrogen-bond acceptors (Lipinski definition) is 3. The molecule has 96 valence electrons. The summed E-state index contributed by atoms with van der Waals surface area (Å²) in [5.41, 5.74) is 0. The van der Waals surface area contributed by atoms with Gasteiger partial charge >= 0.3 is 0 Å². The first-order chi connectivity index (χ1) is 7.08. The molecule has 1 unspecified atom stereocenters. The third kappa shape index (κ3) is 5.47. The zero-order valence-corrected chi connectivity index (χ0v) is 13.4. The Labute approximate surface area is 104 Å². The van der Waals surface area contributed by atoms with Gasteiger partial charge in [0.1, 0.15) is 5.25 Å². The molecule has 0 heterocycles. The maximum absolute atomic E-state index is 11.3. The molecule has 0 aromatic rings. The van der Waals surface area contributed by atoms with Crippen molar-refractivity contribution in [3.8, 4) is 0 Å². The predicted molar refractivity (Wildman–Crippen MR) is 74.9 cm³/mol. The molecule has 1 atom stereocenters. The zero-order valence-electron chi connectivity index (χ0n) is 11.5. The van der Waals surface area contributed by atoms with E-state index in [0.717, 1.165) is 0 Å². The van der Waals surface area contributed by atoms with Crippen molar-refractivity contribution in [3.63, 3.8) is 0 Å². The summed E-state index contributed by atoms with van der Waals surface area (Å²) in [6, 6.07) is 0. The van der Waals surface area contributed by atoms with Gasteiger partial charge in [0.25, 0.3) is 0 Å². The molecule has 5 heteroatoms. The highest BCUT2D eigenvalue weighted by atomic mass is 32.2. The molecule has 0 bridgehead atoms. The van der Waals surface area contributed by atoms with Crippen molar-refractivity contribution in [1.29, 1.82) is 0 Å². The van der Waals surface area contributed by atoms with Gasteiger partial charge in [-0.25, -0.2) is 0 Å². The standard InChI is InChI=1S/C11H25NO2SSi/c1-10(2)15(13)12-8-9-14-16(6,7)11(3,4)5/h8,10H,9H2,1-7H3. The third-order valence-electron chi connectivity index (χ3n) is 2.91. The normalized spacial score (nSPS) is 16.1. The van der Waals surface area contributed by atoms with Crippen LogP contribution in [0.5, 0.6) is 0 Å². The summed E-state index contributed by atoms with van der Waals surface area (Å²) in [7, 11) is -1.69. The van der Waals surface area contributed by atoms with Gasteiger partial charge in [-0.3, -0.25) is 0 Å². The maximum atomic E-state index is 11.3. The van der Waals surface area contributed by atoms with Gasteiger partial charge in [0.05, 0.1) is 24.2 Å². The molecule has 0 radical (unpaired) electrons. The molecule has 0 N–H and O–H groups in total. The van der Waals surface area contributed by atoms with Crippen LogP contribution >= 0.6 is 0 Å². The Hall–Kier alpha value is 0.157. The first-order valence-corrected chi connectivity index (χ1v) is 9.73. The fourth-order valence-electron chi connectivity index (χ4n) is 0.688. The van der Waals surface area contributed by atoms with Crippen LogP contribution < -0.4 is 0 Å². The van der Waals surface area contributed by atoms with E-state index < -0.39 is 19.7 Å². The van der Waals surface area contributed by atoms with Crippen LogP contribution in [0.3, 0.4) is 0 Å². The highest BCUT2D eigenvalue weighted by molar-refractivity contribution is 7.90. The molecule has 0 aromatic carbocycles. The molecule has 0 saturated heterocycles. The van der Waals surface area contributed by atoms with Crippen molar-refractivity contribution >= 4 is 25.9 Å². The SMILES string of the molecule is CC(C)[S+]([O-])N=CCO[Si](C)(C)C(C)(C)C. The molecule has 0 rings (SSSR count). The first kappa shape index (κ1) is 16.2. The Bertz CT molecular complexity index is 237. The fraction of sp³-hybridized carbons (Fsp3) is 0.909. The number of hydrogen-bond donors (Lipinski definition) is 0. The van der Waals surface area contributed by atoms with Gasteiger partial charge in [-0.05, 0) is 32.0 Å². The van der Waals surface area contributed by atoms with Gasteiger partial charge in [0, 0.05) is 0 Å². The van der Waals surface area contributed by atoms with Crippen LogP contribution in [0.15, 0.2) is 4.40 Å². The van der Waals surface area contributed by atoms with Crippen LogP contribution in [0.4, 0.5) is 0 Å². The summed E-state index contributed by atoms with van der Waals surface area (Å²) in [5.74, 6) is 0. The Morgan fingerprint density at radius 2 is 1.88 bits per heavy atom. The minimum atomic E-state index is -1.69. The minimum absolute atomic E-state index is 0.0733. The van der Waals surface area contributed by atoms with E-state index in [1.165, 1.54) is 0 Å². The lowest BCUT2D eigenvalue weighted by atomic mass is 10.2. The van der Waals surface area contributed by atoms with Crippen LogP contribution in [0.1, 0.15) is 34.6 Å². The van der Waals surface area contributed by atoms with Crippen LogP contribution in [0, 0.1) is 0 Å². The van der Waals surface area contributed by atoms with Gasteiger partial charge in [0.15, 0.2) is 8.32 Å². The van der Waals surface area contributed by atoms with Gasteiger partial charge in [-0.2, -0.15) is 0 Å². The summed E-state index contributed by atoms with van der Waals surface area (Å²) in [5, 5.41) is 0.280. The summed E-state index contributed by atoms with van der Waals surface area (Å²) in [4.78, 5) is 0. The molecule has 0 aliphatic heterocycles. The van der Waals surface area contributed by atoms with Crippen molar-refractivity contribution in [3.05, 3.63) is 0 Å². The van der Waals surface area contributed by atoms with Gasteiger partial charge in [0.2, 0.25) is 0 Å². The average Bonchev–Trinajstić information content (AvgIpc) is 2.09. The molecule has 3 nitrogen and oxygen atoms in total. The van der Waals surface area contributed by atoms with Crippen LogP contribution in [0.2, 0.25) is 18.1 Å². The van der Waals surface area contributed by atoms with E-state index in [0.29, 0.717) is 6.61 Å². The van der Waals surface area contributed by atoms with Gasteiger partial charge in [-0.15, -0.1) is 0 Å². The van der Waals surface area contributed by atoms with E-state index in [-0.39, 0.29) is 10.3 Å². The Morgan fingerprint density at radius 3 is 2.25 bits per heavy atom. The first-order valence-electron chi connectivity index (χ1n) is 5.65. The maximum Gasteiger partial charge on any atom is 0.192 e.